The molecule has 0 aromatic heterocycles. The number of carbonyl (C=O) groups excluding carboxylic acids is 1. The molecule has 0 atom stereocenters. The fourth-order valence-electron chi connectivity index (χ4n) is 1.46. The van der Waals surface area contributed by atoms with E-state index in [9.17, 15) is 9.90 Å². The Labute approximate surface area is 101 Å². The highest BCUT2D eigenvalue weighted by atomic mass is 16.5. The maximum atomic E-state index is 11.1. The average Bonchev–Trinajstić information content (AvgIpc) is 2.36. The topological polar surface area (TPSA) is 55.8 Å². The summed E-state index contributed by atoms with van der Waals surface area (Å²) in [5.41, 5.74) is 1.50. The van der Waals surface area contributed by atoms with Gasteiger partial charge in [-0.25, -0.2) is 0 Å². The molecule has 0 amide bonds. The van der Waals surface area contributed by atoms with E-state index in [0.29, 0.717) is 17.9 Å². The summed E-state index contributed by atoms with van der Waals surface area (Å²) in [4.78, 5) is 11.1. The maximum absolute atomic E-state index is 11.1. The highest BCUT2D eigenvalue weighted by Crippen LogP contribution is 2.21. The molecule has 1 rings (SSSR count). The predicted molar refractivity (Wildman–Crippen MR) is 63.9 cm³/mol. The molecule has 0 fully saturated rings. The van der Waals surface area contributed by atoms with Gasteiger partial charge in [-0.1, -0.05) is 13.0 Å². The first-order valence-corrected chi connectivity index (χ1v) is 5.63. The summed E-state index contributed by atoms with van der Waals surface area (Å²) >= 11 is 0. The van der Waals surface area contributed by atoms with E-state index < -0.39 is 0 Å². The molecule has 94 valence electrons. The van der Waals surface area contributed by atoms with Gasteiger partial charge in [-0.2, -0.15) is 0 Å². The van der Waals surface area contributed by atoms with Crippen molar-refractivity contribution >= 4 is 5.97 Å². The zero-order valence-electron chi connectivity index (χ0n) is 10.2. The molecule has 0 bridgehead atoms. The van der Waals surface area contributed by atoms with Gasteiger partial charge >= 0.3 is 5.97 Å². The lowest BCUT2D eigenvalue weighted by Gasteiger charge is -2.10. The number of aliphatic hydroxyl groups is 1. The molecule has 0 unspecified atom stereocenters. The Morgan fingerprint density at radius 3 is 2.76 bits per heavy atom. The molecule has 0 saturated carbocycles. The van der Waals surface area contributed by atoms with Crippen LogP contribution in [0.15, 0.2) is 18.2 Å². The number of rotatable bonds is 6. The molecule has 1 N–H and O–H groups in total. The molecule has 0 radical (unpaired) electrons. The van der Waals surface area contributed by atoms with Crippen LogP contribution in [0.4, 0.5) is 0 Å². The second-order valence-electron chi connectivity index (χ2n) is 3.70. The van der Waals surface area contributed by atoms with Crippen LogP contribution in [0.25, 0.3) is 0 Å². The standard InChI is InChI=1S/C13H18O4/c1-3-6-17-12-5-4-10(7-11(12)9-14)8-13(15)16-2/h4-5,7,14H,3,6,8-9H2,1-2H3. The number of esters is 1. The van der Waals surface area contributed by atoms with Crippen LogP contribution in [-0.2, 0) is 22.6 Å². The number of carbonyl (C=O) groups is 1. The Hall–Kier alpha value is -1.55. The molecule has 0 aliphatic heterocycles. The SMILES string of the molecule is CCCOc1ccc(CC(=O)OC)cc1CO. The van der Waals surface area contributed by atoms with Crippen LogP contribution in [0, 0.1) is 0 Å². The number of hydrogen-bond donors (Lipinski definition) is 1. The predicted octanol–water partition coefficient (Wildman–Crippen LogP) is 1.68. The van der Waals surface area contributed by atoms with Gasteiger partial charge in [-0.15, -0.1) is 0 Å². The summed E-state index contributed by atoms with van der Waals surface area (Å²) in [7, 11) is 1.36. The Bertz CT molecular complexity index is 374. The second kappa shape index (κ2) is 6.91. The third kappa shape index (κ3) is 4.07. The van der Waals surface area contributed by atoms with Crippen molar-refractivity contribution in [2.75, 3.05) is 13.7 Å². The smallest absolute Gasteiger partial charge is 0.309 e. The van der Waals surface area contributed by atoms with Crippen molar-refractivity contribution in [2.24, 2.45) is 0 Å². The summed E-state index contributed by atoms with van der Waals surface area (Å²) in [5, 5.41) is 9.24. The van der Waals surface area contributed by atoms with Gasteiger partial charge in [0.05, 0.1) is 26.7 Å². The van der Waals surface area contributed by atoms with Gasteiger partial charge in [0, 0.05) is 5.56 Å². The Morgan fingerprint density at radius 1 is 1.41 bits per heavy atom. The molecule has 4 heteroatoms. The monoisotopic (exact) mass is 238 g/mol. The van der Waals surface area contributed by atoms with Gasteiger partial charge in [-0.3, -0.25) is 4.79 Å². The highest BCUT2D eigenvalue weighted by molar-refractivity contribution is 5.72. The van der Waals surface area contributed by atoms with Crippen molar-refractivity contribution in [3.8, 4) is 5.75 Å². The lowest BCUT2D eigenvalue weighted by Crippen LogP contribution is -2.06. The van der Waals surface area contributed by atoms with Crippen molar-refractivity contribution in [2.45, 2.75) is 26.4 Å². The average molecular weight is 238 g/mol. The van der Waals surface area contributed by atoms with Gasteiger partial charge in [0.1, 0.15) is 5.75 Å². The Kier molecular flexibility index (Phi) is 5.49. The first-order valence-electron chi connectivity index (χ1n) is 5.63. The lowest BCUT2D eigenvalue weighted by molar-refractivity contribution is -0.139. The van der Waals surface area contributed by atoms with E-state index in [1.54, 1.807) is 18.2 Å². The van der Waals surface area contributed by atoms with Crippen molar-refractivity contribution < 1.29 is 19.4 Å². The summed E-state index contributed by atoms with van der Waals surface area (Å²) in [6, 6.07) is 5.35. The van der Waals surface area contributed by atoms with Crippen LogP contribution in [0.3, 0.4) is 0 Å². The van der Waals surface area contributed by atoms with Crippen LogP contribution >= 0.6 is 0 Å². The minimum absolute atomic E-state index is 0.103. The normalized spacial score (nSPS) is 10.1. The molecule has 0 aliphatic carbocycles. The van der Waals surface area contributed by atoms with E-state index in [2.05, 4.69) is 4.74 Å². The first-order chi connectivity index (χ1) is 8.21. The number of benzene rings is 1. The molecule has 4 nitrogen and oxygen atoms in total. The number of methoxy groups -OCH3 is 1. The first kappa shape index (κ1) is 13.5. The minimum Gasteiger partial charge on any atom is -0.493 e. The van der Waals surface area contributed by atoms with Crippen molar-refractivity contribution in [1.29, 1.82) is 0 Å². The molecular weight excluding hydrogens is 220 g/mol. The van der Waals surface area contributed by atoms with E-state index in [-0.39, 0.29) is 19.0 Å². The van der Waals surface area contributed by atoms with Gasteiger partial charge in [0.15, 0.2) is 0 Å². The lowest BCUT2D eigenvalue weighted by atomic mass is 10.1. The highest BCUT2D eigenvalue weighted by Gasteiger charge is 2.07. The van der Waals surface area contributed by atoms with Crippen molar-refractivity contribution in [3.63, 3.8) is 0 Å². The fourth-order valence-corrected chi connectivity index (χ4v) is 1.46. The van der Waals surface area contributed by atoms with Crippen LogP contribution < -0.4 is 4.74 Å². The summed E-state index contributed by atoms with van der Waals surface area (Å²) in [6.45, 7) is 2.53. The largest absolute Gasteiger partial charge is 0.493 e. The molecular formula is C13H18O4. The van der Waals surface area contributed by atoms with E-state index in [1.807, 2.05) is 6.92 Å². The van der Waals surface area contributed by atoms with Crippen LogP contribution in [0.1, 0.15) is 24.5 Å². The Balaban J connectivity index is 2.80. The van der Waals surface area contributed by atoms with E-state index in [0.717, 1.165) is 12.0 Å². The van der Waals surface area contributed by atoms with Crippen molar-refractivity contribution in [3.05, 3.63) is 29.3 Å². The summed E-state index contributed by atoms with van der Waals surface area (Å²) in [6.07, 6.45) is 1.12. The number of ether oxygens (including phenoxy) is 2. The van der Waals surface area contributed by atoms with E-state index in [1.165, 1.54) is 7.11 Å². The van der Waals surface area contributed by atoms with Gasteiger partial charge in [-0.05, 0) is 24.1 Å². The van der Waals surface area contributed by atoms with Gasteiger partial charge in [0.2, 0.25) is 0 Å². The Morgan fingerprint density at radius 2 is 2.18 bits per heavy atom. The third-order valence-electron chi connectivity index (χ3n) is 2.33. The fraction of sp³-hybridized carbons (Fsp3) is 0.462. The van der Waals surface area contributed by atoms with E-state index >= 15 is 0 Å². The minimum atomic E-state index is -0.295. The second-order valence-corrected chi connectivity index (χ2v) is 3.70. The number of hydrogen-bond acceptors (Lipinski definition) is 4. The maximum Gasteiger partial charge on any atom is 0.309 e. The molecule has 1 aromatic carbocycles. The molecule has 0 saturated heterocycles. The number of aliphatic hydroxyl groups excluding tert-OH is 1. The zero-order valence-corrected chi connectivity index (χ0v) is 10.2. The molecule has 1 aromatic rings. The van der Waals surface area contributed by atoms with Crippen LogP contribution in [0.5, 0.6) is 5.75 Å². The van der Waals surface area contributed by atoms with Gasteiger partial charge < -0.3 is 14.6 Å². The van der Waals surface area contributed by atoms with Gasteiger partial charge in [0.25, 0.3) is 0 Å². The third-order valence-corrected chi connectivity index (χ3v) is 2.33. The van der Waals surface area contributed by atoms with Crippen LogP contribution in [-0.4, -0.2) is 24.8 Å². The zero-order chi connectivity index (χ0) is 12.7. The van der Waals surface area contributed by atoms with E-state index in [4.69, 9.17) is 4.74 Å². The molecule has 0 aliphatic rings. The molecule has 17 heavy (non-hydrogen) atoms. The summed E-state index contributed by atoms with van der Waals surface area (Å²) < 4.78 is 10.1. The van der Waals surface area contributed by atoms with Crippen molar-refractivity contribution in [1.82, 2.24) is 0 Å². The van der Waals surface area contributed by atoms with Crippen LogP contribution in [0.2, 0.25) is 0 Å². The molecule has 0 spiro atoms. The summed E-state index contributed by atoms with van der Waals surface area (Å²) in [5.74, 6) is 0.374. The quantitative estimate of drug-likeness (QED) is 0.766. The molecule has 0 heterocycles.